The molecule has 1 fully saturated rings. The number of aromatic nitrogens is 2. The second-order valence-corrected chi connectivity index (χ2v) is 5.19. The second-order valence-electron chi connectivity index (χ2n) is 5.19. The Kier molecular flexibility index (Phi) is 5.35. The molecule has 2 rings (SSSR count). The number of anilines is 2. The van der Waals surface area contributed by atoms with Crippen molar-refractivity contribution in [1.82, 2.24) is 20.2 Å². The van der Waals surface area contributed by atoms with Crippen LogP contribution in [-0.2, 0) is 0 Å². The van der Waals surface area contributed by atoms with Gasteiger partial charge < -0.3 is 20.9 Å². The number of likely N-dealkylation sites (N-methyl/N-ethyl adjacent to an activating group) is 1. The maximum Gasteiger partial charge on any atom is 0.131 e. The van der Waals surface area contributed by atoms with Crippen LogP contribution >= 0.6 is 0 Å². The Labute approximate surface area is 115 Å². The van der Waals surface area contributed by atoms with E-state index in [0.717, 1.165) is 50.7 Å². The third-order valence-corrected chi connectivity index (χ3v) is 3.22. The van der Waals surface area contributed by atoms with Crippen molar-refractivity contribution in [3.63, 3.8) is 0 Å². The van der Waals surface area contributed by atoms with Crippen molar-refractivity contribution in [1.29, 1.82) is 0 Å². The van der Waals surface area contributed by atoms with E-state index in [1.165, 1.54) is 0 Å². The Hall–Kier alpha value is -1.40. The predicted octanol–water partition coefficient (Wildman–Crippen LogP) is 0.614. The maximum absolute atomic E-state index is 4.28. The molecule has 0 bridgehead atoms. The minimum atomic E-state index is 0.519. The summed E-state index contributed by atoms with van der Waals surface area (Å²) in [5.74, 6) is 1.79. The van der Waals surface area contributed by atoms with E-state index in [-0.39, 0.29) is 0 Å². The highest BCUT2D eigenvalue weighted by Crippen LogP contribution is 2.13. The topological polar surface area (TPSA) is 65.1 Å². The van der Waals surface area contributed by atoms with Crippen LogP contribution in [0.1, 0.15) is 12.8 Å². The van der Waals surface area contributed by atoms with Gasteiger partial charge in [0.2, 0.25) is 0 Å². The zero-order valence-corrected chi connectivity index (χ0v) is 11.8. The monoisotopic (exact) mass is 264 g/mol. The fourth-order valence-electron chi connectivity index (χ4n) is 2.12. The molecule has 19 heavy (non-hydrogen) atoms. The number of hydrogen-bond donors (Lipinski definition) is 3. The van der Waals surface area contributed by atoms with E-state index >= 15 is 0 Å². The van der Waals surface area contributed by atoms with E-state index in [1.807, 2.05) is 6.07 Å². The first-order valence-corrected chi connectivity index (χ1v) is 6.92. The van der Waals surface area contributed by atoms with Crippen molar-refractivity contribution in [2.75, 3.05) is 50.9 Å². The SMILES string of the molecule is CN(C)CCNc1cc(NC2CCNCC2)ncn1. The van der Waals surface area contributed by atoms with Gasteiger partial charge in [0.05, 0.1) is 0 Å². The van der Waals surface area contributed by atoms with Gasteiger partial charge in [0, 0.05) is 25.2 Å². The number of nitrogens with one attached hydrogen (secondary N) is 3. The molecule has 0 spiro atoms. The van der Waals surface area contributed by atoms with Crippen molar-refractivity contribution in [3.05, 3.63) is 12.4 Å². The minimum Gasteiger partial charge on any atom is -0.369 e. The first-order valence-electron chi connectivity index (χ1n) is 6.92. The molecule has 0 aromatic carbocycles. The van der Waals surface area contributed by atoms with Gasteiger partial charge in [-0.1, -0.05) is 0 Å². The molecular weight excluding hydrogens is 240 g/mol. The highest BCUT2D eigenvalue weighted by Gasteiger charge is 2.13. The van der Waals surface area contributed by atoms with Crippen LogP contribution in [0.3, 0.4) is 0 Å². The van der Waals surface area contributed by atoms with Crippen LogP contribution in [-0.4, -0.2) is 61.2 Å². The standard InChI is InChI=1S/C13H24N6/c1-19(2)8-7-15-12-9-13(17-10-16-12)18-11-3-5-14-6-4-11/h9-11,14H,3-8H2,1-2H3,(H2,15,16,17,18). The van der Waals surface area contributed by atoms with Crippen molar-refractivity contribution >= 4 is 11.6 Å². The average Bonchev–Trinajstić information content (AvgIpc) is 2.40. The third kappa shape index (κ3) is 5.00. The molecule has 6 nitrogen and oxygen atoms in total. The quantitative estimate of drug-likeness (QED) is 0.700. The number of rotatable bonds is 6. The summed E-state index contributed by atoms with van der Waals surface area (Å²) in [5, 5.41) is 10.1. The molecule has 0 unspecified atom stereocenters. The van der Waals surface area contributed by atoms with Crippen LogP contribution in [0.15, 0.2) is 12.4 Å². The molecule has 1 aliphatic heterocycles. The largest absolute Gasteiger partial charge is 0.369 e. The maximum atomic E-state index is 4.28. The van der Waals surface area contributed by atoms with Crippen LogP contribution in [0.2, 0.25) is 0 Å². The summed E-state index contributed by atoms with van der Waals surface area (Å²) in [6.07, 6.45) is 3.90. The lowest BCUT2D eigenvalue weighted by atomic mass is 10.1. The van der Waals surface area contributed by atoms with E-state index in [1.54, 1.807) is 6.33 Å². The van der Waals surface area contributed by atoms with Gasteiger partial charge in [-0.2, -0.15) is 0 Å². The summed E-state index contributed by atoms with van der Waals surface area (Å²) in [5.41, 5.74) is 0. The van der Waals surface area contributed by atoms with Crippen LogP contribution in [0.25, 0.3) is 0 Å². The molecule has 1 saturated heterocycles. The van der Waals surface area contributed by atoms with Gasteiger partial charge in [0.1, 0.15) is 18.0 Å². The lowest BCUT2D eigenvalue weighted by molar-refractivity contribution is 0.425. The van der Waals surface area contributed by atoms with E-state index in [2.05, 4.69) is 44.9 Å². The number of hydrogen-bond acceptors (Lipinski definition) is 6. The predicted molar refractivity (Wildman–Crippen MR) is 78.6 cm³/mol. The van der Waals surface area contributed by atoms with Crippen molar-refractivity contribution < 1.29 is 0 Å². The van der Waals surface area contributed by atoms with E-state index in [9.17, 15) is 0 Å². The molecule has 2 heterocycles. The van der Waals surface area contributed by atoms with Gasteiger partial charge in [-0.05, 0) is 40.0 Å². The molecule has 1 aromatic heterocycles. The van der Waals surface area contributed by atoms with Crippen LogP contribution in [0.4, 0.5) is 11.6 Å². The fourth-order valence-corrected chi connectivity index (χ4v) is 2.12. The van der Waals surface area contributed by atoms with Gasteiger partial charge in [-0.3, -0.25) is 0 Å². The first kappa shape index (κ1) is 14.0. The number of piperidine rings is 1. The molecule has 0 saturated carbocycles. The Bertz CT molecular complexity index is 375. The second kappa shape index (κ2) is 7.25. The molecule has 1 aliphatic rings. The number of nitrogens with zero attached hydrogens (tertiary/aromatic N) is 3. The smallest absolute Gasteiger partial charge is 0.131 e. The molecule has 0 atom stereocenters. The first-order chi connectivity index (χ1) is 9.24. The zero-order valence-electron chi connectivity index (χ0n) is 11.8. The summed E-state index contributed by atoms with van der Waals surface area (Å²) in [7, 11) is 4.12. The Morgan fingerprint density at radius 1 is 1.26 bits per heavy atom. The van der Waals surface area contributed by atoms with E-state index in [0.29, 0.717) is 6.04 Å². The highest BCUT2D eigenvalue weighted by molar-refractivity contribution is 5.46. The summed E-state index contributed by atoms with van der Waals surface area (Å²) in [4.78, 5) is 10.7. The Balaban J connectivity index is 1.83. The molecule has 1 aromatic rings. The van der Waals surface area contributed by atoms with Crippen LogP contribution in [0.5, 0.6) is 0 Å². The van der Waals surface area contributed by atoms with Gasteiger partial charge in [0.15, 0.2) is 0 Å². The lowest BCUT2D eigenvalue weighted by Crippen LogP contribution is -2.35. The molecule has 0 aliphatic carbocycles. The summed E-state index contributed by atoms with van der Waals surface area (Å²) < 4.78 is 0. The molecule has 106 valence electrons. The molecule has 0 radical (unpaired) electrons. The van der Waals surface area contributed by atoms with Gasteiger partial charge in [-0.15, -0.1) is 0 Å². The molecule has 3 N–H and O–H groups in total. The van der Waals surface area contributed by atoms with Crippen LogP contribution < -0.4 is 16.0 Å². The highest BCUT2D eigenvalue weighted by atomic mass is 15.1. The van der Waals surface area contributed by atoms with Crippen molar-refractivity contribution in [2.45, 2.75) is 18.9 Å². The summed E-state index contributed by atoms with van der Waals surface area (Å²) in [6, 6.07) is 2.50. The zero-order chi connectivity index (χ0) is 13.5. The van der Waals surface area contributed by atoms with Gasteiger partial charge in [-0.25, -0.2) is 9.97 Å². The minimum absolute atomic E-state index is 0.519. The molecule has 0 amide bonds. The Morgan fingerprint density at radius 3 is 2.74 bits per heavy atom. The van der Waals surface area contributed by atoms with Crippen molar-refractivity contribution in [2.24, 2.45) is 0 Å². The third-order valence-electron chi connectivity index (χ3n) is 3.22. The lowest BCUT2D eigenvalue weighted by Gasteiger charge is -2.24. The van der Waals surface area contributed by atoms with Crippen LogP contribution in [0, 0.1) is 0 Å². The molecule has 6 heteroatoms. The summed E-state index contributed by atoms with van der Waals surface area (Å²) >= 11 is 0. The average molecular weight is 264 g/mol. The fraction of sp³-hybridized carbons (Fsp3) is 0.692. The van der Waals surface area contributed by atoms with Gasteiger partial charge >= 0.3 is 0 Å². The van der Waals surface area contributed by atoms with E-state index in [4.69, 9.17) is 0 Å². The van der Waals surface area contributed by atoms with Gasteiger partial charge in [0.25, 0.3) is 0 Å². The normalized spacial score (nSPS) is 16.6. The van der Waals surface area contributed by atoms with Crippen molar-refractivity contribution in [3.8, 4) is 0 Å². The van der Waals surface area contributed by atoms with E-state index < -0.39 is 0 Å². The Morgan fingerprint density at radius 2 is 2.00 bits per heavy atom. The molecular formula is C13H24N6. The summed E-state index contributed by atoms with van der Waals surface area (Å²) in [6.45, 7) is 4.03.